The van der Waals surface area contributed by atoms with Crippen LogP contribution in [0.4, 0.5) is 22.4 Å². The number of alkyl halides is 3. The number of amides is 3. The van der Waals surface area contributed by atoms with Crippen molar-refractivity contribution < 1.29 is 36.4 Å². The lowest BCUT2D eigenvalue weighted by atomic mass is 9.80. The lowest BCUT2D eigenvalue weighted by Gasteiger charge is -2.43. The Labute approximate surface area is 203 Å². The number of piperidine rings is 2. The molecule has 0 aliphatic carbocycles. The largest absolute Gasteiger partial charge is 0.455 e. The number of hydrogen-bond donors (Lipinski definition) is 1. The maximum atomic E-state index is 13.5. The summed E-state index contributed by atoms with van der Waals surface area (Å²) in [5, 5.41) is 5.97. The summed E-state index contributed by atoms with van der Waals surface area (Å²) in [6.07, 6.45) is -3.27. The van der Waals surface area contributed by atoms with Crippen LogP contribution in [0.3, 0.4) is 0 Å². The molecule has 2 unspecified atom stereocenters. The van der Waals surface area contributed by atoms with E-state index in [1.54, 1.807) is 9.80 Å². The Morgan fingerprint density at radius 3 is 2.44 bits per heavy atom. The van der Waals surface area contributed by atoms with Crippen LogP contribution in [0.1, 0.15) is 42.5 Å². The molecule has 3 fully saturated rings. The van der Waals surface area contributed by atoms with Crippen molar-refractivity contribution in [3.05, 3.63) is 47.4 Å². The van der Waals surface area contributed by atoms with Gasteiger partial charge < -0.3 is 24.4 Å². The van der Waals surface area contributed by atoms with Gasteiger partial charge in [0.05, 0.1) is 18.1 Å². The number of aromatic nitrogens is 2. The van der Waals surface area contributed by atoms with Crippen LogP contribution < -0.4 is 5.32 Å². The van der Waals surface area contributed by atoms with Gasteiger partial charge in [0.1, 0.15) is 12.4 Å². The van der Waals surface area contributed by atoms with Gasteiger partial charge in [0.15, 0.2) is 0 Å². The smallest absolute Gasteiger partial charge is 0.366 e. The van der Waals surface area contributed by atoms with Gasteiger partial charge in [-0.05, 0) is 42.9 Å². The van der Waals surface area contributed by atoms with Crippen LogP contribution in [-0.2, 0) is 15.7 Å². The molecule has 0 spiro atoms. The first kappa shape index (κ1) is 24.5. The van der Waals surface area contributed by atoms with Crippen LogP contribution in [0.2, 0.25) is 0 Å². The number of urea groups is 1. The molecule has 3 saturated heterocycles. The summed E-state index contributed by atoms with van der Waals surface area (Å²) in [5.41, 5.74) is 0.564. The summed E-state index contributed by atoms with van der Waals surface area (Å²) in [5.74, 6) is -3.08. The third-order valence-corrected chi connectivity index (χ3v) is 7.07. The molecule has 2 aromatic rings. The fraction of sp³-hybridized carbons (Fsp3) is 0.565. The van der Waals surface area contributed by atoms with Crippen molar-refractivity contribution in [2.24, 2.45) is 5.92 Å². The Bertz CT molecular complexity index is 1100. The van der Waals surface area contributed by atoms with E-state index in [9.17, 15) is 27.2 Å². The number of fused-ring (bicyclic) bond motifs is 1. The molecule has 3 amide bonds. The number of carbonyl (C=O) groups is 2. The van der Waals surface area contributed by atoms with E-state index in [2.05, 4.69) is 15.5 Å². The number of halogens is 4. The molecule has 4 heterocycles. The summed E-state index contributed by atoms with van der Waals surface area (Å²) in [6, 6.07) is 5.07. The lowest BCUT2D eigenvalue weighted by molar-refractivity contribution is -0.146. The van der Waals surface area contributed by atoms with E-state index in [0.29, 0.717) is 51.0 Å². The second-order valence-corrected chi connectivity index (χ2v) is 9.35. The minimum absolute atomic E-state index is 0.0301. The zero-order valence-corrected chi connectivity index (χ0v) is 19.2. The second kappa shape index (κ2) is 9.68. The van der Waals surface area contributed by atoms with E-state index in [4.69, 9.17) is 9.26 Å². The number of likely N-dealkylation sites (tertiary alicyclic amines) is 2. The summed E-state index contributed by atoms with van der Waals surface area (Å²) < 4.78 is 63.3. The van der Waals surface area contributed by atoms with E-state index >= 15 is 0 Å². The van der Waals surface area contributed by atoms with E-state index in [1.807, 2.05) is 0 Å². The topological polar surface area (TPSA) is 101 Å². The van der Waals surface area contributed by atoms with E-state index in [1.165, 1.54) is 24.3 Å². The highest BCUT2D eigenvalue weighted by Crippen LogP contribution is 2.39. The first-order valence-electron chi connectivity index (χ1n) is 11.8. The lowest BCUT2D eigenvalue weighted by Crippen LogP contribution is -2.62. The predicted octanol–water partition coefficient (Wildman–Crippen LogP) is 2.78. The van der Waals surface area contributed by atoms with Crippen molar-refractivity contribution in [2.75, 3.05) is 32.8 Å². The highest BCUT2D eigenvalue weighted by molar-refractivity contribution is 5.79. The van der Waals surface area contributed by atoms with Crippen LogP contribution in [0.5, 0.6) is 0 Å². The van der Waals surface area contributed by atoms with Gasteiger partial charge in [0.2, 0.25) is 11.8 Å². The average Bonchev–Trinajstić information content (AvgIpc) is 3.35. The van der Waals surface area contributed by atoms with Gasteiger partial charge in [0.25, 0.3) is 5.82 Å². The first-order valence-corrected chi connectivity index (χ1v) is 11.8. The Hall–Kier alpha value is -3.22. The van der Waals surface area contributed by atoms with Crippen molar-refractivity contribution >= 4 is 11.9 Å². The molecule has 9 nitrogen and oxygen atoms in total. The van der Waals surface area contributed by atoms with Gasteiger partial charge in [-0.3, -0.25) is 4.79 Å². The molecule has 13 heteroatoms. The summed E-state index contributed by atoms with van der Waals surface area (Å²) in [6.45, 7) is 1.66. The molecule has 3 aliphatic rings. The number of ether oxygens (including phenoxy) is 1. The molecule has 1 aromatic heterocycles. The van der Waals surface area contributed by atoms with Gasteiger partial charge in [-0.25, -0.2) is 9.18 Å². The van der Waals surface area contributed by atoms with Crippen molar-refractivity contribution in [1.29, 1.82) is 0 Å². The number of nitrogens with zero attached hydrogens (tertiary/aromatic N) is 4. The fourth-order valence-electron chi connectivity index (χ4n) is 5.26. The maximum Gasteiger partial charge on any atom is 0.455 e. The molecule has 0 saturated carbocycles. The Balaban J connectivity index is 1.27. The van der Waals surface area contributed by atoms with Crippen LogP contribution >= 0.6 is 0 Å². The normalized spacial score (nSPS) is 24.3. The molecule has 3 aliphatic heterocycles. The van der Waals surface area contributed by atoms with Gasteiger partial charge >= 0.3 is 12.2 Å². The molecular formula is C23H25F4N5O4. The van der Waals surface area contributed by atoms with E-state index in [0.717, 1.165) is 0 Å². The van der Waals surface area contributed by atoms with E-state index < -0.39 is 23.7 Å². The Morgan fingerprint density at radius 2 is 1.78 bits per heavy atom. The summed E-state index contributed by atoms with van der Waals surface area (Å²) >= 11 is 0. The number of hydrogen-bond acceptors (Lipinski definition) is 6. The van der Waals surface area contributed by atoms with Crippen LogP contribution in [0.15, 0.2) is 28.8 Å². The molecule has 194 valence electrons. The van der Waals surface area contributed by atoms with Crippen molar-refractivity contribution in [3.63, 3.8) is 0 Å². The molecule has 0 bridgehead atoms. The SMILES string of the molecule is O=C1CO[C@H]2CCN(C(=O)N3CCC(C(c4ccc(F)cc4)c4nc(C(F)(F)F)no4)CC3)CC2N1. The minimum Gasteiger partial charge on any atom is -0.366 e. The number of nitrogens with one attached hydrogen (secondary N) is 1. The maximum absolute atomic E-state index is 13.5. The minimum atomic E-state index is -4.75. The van der Waals surface area contributed by atoms with Gasteiger partial charge in [-0.1, -0.05) is 17.3 Å². The molecule has 3 atom stereocenters. The average molecular weight is 511 g/mol. The number of rotatable bonds is 3. The zero-order chi connectivity index (χ0) is 25.4. The van der Waals surface area contributed by atoms with Gasteiger partial charge in [-0.2, -0.15) is 18.2 Å². The summed E-state index contributed by atoms with van der Waals surface area (Å²) in [7, 11) is 0. The highest BCUT2D eigenvalue weighted by Gasteiger charge is 2.41. The predicted molar refractivity (Wildman–Crippen MR) is 115 cm³/mol. The Morgan fingerprint density at radius 1 is 1.08 bits per heavy atom. The first-order chi connectivity index (χ1) is 17.2. The Kier molecular flexibility index (Phi) is 6.58. The van der Waals surface area contributed by atoms with Crippen LogP contribution in [0.25, 0.3) is 0 Å². The van der Waals surface area contributed by atoms with Crippen LogP contribution in [-0.4, -0.2) is 76.8 Å². The fourth-order valence-corrected chi connectivity index (χ4v) is 5.26. The monoisotopic (exact) mass is 511 g/mol. The van der Waals surface area contributed by atoms with Crippen LogP contribution in [0, 0.1) is 11.7 Å². The van der Waals surface area contributed by atoms with Gasteiger partial charge in [-0.15, -0.1) is 0 Å². The molecule has 1 N–H and O–H groups in total. The zero-order valence-electron chi connectivity index (χ0n) is 19.2. The molecule has 0 radical (unpaired) electrons. The van der Waals surface area contributed by atoms with E-state index in [-0.39, 0.29) is 42.5 Å². The molecule has 36 heavy (non-hydrogen) atoms. The standard InChI is InChI=1S/C23H25F4N5O4/c24-15-3-1-13(2-4-15)19(20-29-21(30-36-20)23(25,26)27)14-5-8-31(9-6-14)22(34)32-10-7-17-16(11-32)28-18(33)12-35-17/h1-4,14,16-17,19H,5-12H2,(H,28,33)/t16?,17-,19?/m0/s1. The van der Waals surface area contributed by atoms with Crippen molar-refractivity contribution in [1.82, 2.24) is 25.3 Å². The molecule has 1 aromatic carbocycles. The third kappa shape index (κ3) is 5.01. The number of carbonyl (C=O) groups excluding carboxylic acids is 2. The second-order valence-electron chi connectivity index (χ2n) is 9.35. The third-order valence-electron chi connectivity index (χ3n) is 7.07. The molecule has 5 rings (SSSR count). The summed E-state index contributed by atoms with van der Waals surface area (Å²) in [4.78, 5) is 31.8. The highest BCUT2D eigenvalue weighted by atomic mass is 19.4. The van der Waals surface area contributed by atoms with Crippen molar-refractivity contribution in [2.45, 2.75) is 43.5 Å². The van der Waals surface area contributed by atoms with Crippen molar-refractivity contribution in [3.8, 4) is 0 Å². The van der Waals surface area contributed by atoms with Gasteiger partial charge in [0, 0.05) is 26.2 Å². The number of benzene rings is 1. The molecular weight excluding hydrogens is 486 g/mol. The number of morpholine rings is 1. The quantitative estimate of drug-likeness (QED) is 0.637.